The van der Waals surface area contributed by atoms with Gasteiger partial charge in [0, 0.05) is 45.5 Å². The molecule has 0 aliphatic carbocycles. The Hall–Kier alpha value is -1.16. The van der Waals surface area contributed by atoms with Crippen LogP contribution in [-0.4, -0.2) is 85.0 Å². The van der Waals surface area contributed by atoms with Gasteiger partial charge in [0.15, 0.2) is 0 Å². The summed E-state index contributed by atoms with van der Waals surface area (Å²) in [4.78, 5) is 21.3. The first-order valence-corrected chi connectivity index (χ1v) is 12.3. The molecule has 1 amide bonds. The Bertz CT molecular complexity index is 754. The fourth-order valence-electron chi connectivity index (χ4n) is 3.55. The summed E-state index contributed by atoms with van der Waals surface area (Å²) >= 11 is 1.39. The van der Waals surface area contributed by atoms with Gasteiger partial charge >= 0.3 is 0 Å². The molecule has 0 N–H and O–H groups in total. The minimum Gasteiger partial charge on any atom is -0.342 e. The van der Waals surface area contributed by atoms with Gasteiger partial charge in [-0.05, 0) is 38.9 Å². The highest BCUT2D eigenvalue weighted by Crippen LogP contribution is 2.25. The van der Waals surface area contributed by atoms with E-state index < -0.39 is 10.0 Å². The van der Waals surface area contributed by atoms with Gasteiger partial charge < -0.3 is 9.80 Å². The maximum atomic E-state index is 12.8. The van der Waals surface area contributed by atoms with Crippen molar-refractivity contribution in [1.29, 1.82) is 0 Å². The highest BCUT2D eigenvalue weighted by atomic mass is 32.2. The number of nitrogens with zero attached hydrogens (tertiary/aromatic N) is 4. The number of pyridine rings is 1. The number of sulfonamides is 1. The van der Waals surface area contributed by atoms with E-state index in [0.717, 1.165) is 39.0 Å². The van der Waals surface area contributed by atoms with Gasteiger partial charge in [0.05, 0.1) is 10.3 Å². The van der Waals surface area contributed by atoms with Crippen molar-refractivity contribution in [2.45, 2.75) is 47.8 Å². The Kier molecular flexibility index (Phi) is 7.36. The summed E-state index contributed by atoms with van der Waals surface area (Å²) in [5, 5.41) is 0.443. The van der Waals surface area contributed by atoms with Crippen molar-refractivity contribution in [3.8, 4) is 0 Å². The molecule has 3 rings (SSSR count). The fraction of sp³-hybridized carbons (Fsp3) is 0.684. The van der Waals surface area contributed by atoms with E-state index in [0.29, 0.717) is 18.1 Å². The van der Waals surface area contributed by atoms with Gasteiger partial charge in [0.1, 0.15) is 4.90 Å². The average Bonchev–Trinajstić information content (AvgIpc) is 2.97. The first kappa shape index (κ1) is 21.5. The molecule has 1 aromatic heterocycles. The molecule has 1 aromatic rings. The first-order valence-electron chi connectivity index (χ1n) is 9.98. The van der Waals surface area contributed by atoms with Crippen molar-refractivity contribution < 1.29 is 13.2 Å². The van der Waals surface area contributed by atoms with E-state index >= 15 is 0 Å². The number of carbonyl (C=O) groups is 1. The second kappa shape index (κ2) is 9.56. The van der Waals surface area contributed by atoms with Crippen LogP contribution in [0.4, 0.5) is 0 Å². The molecular formula is C19H30N4O3S2. The number of amides is 1. The monoisotopic (exact) mass is 426 g/mol. The predicted octanol–water partition coefficient (Wildman–Crippen LogP) is 1.90. The van der Waals surface area contributed by atoms with Crippen LogP contribution < -0.4 is 0 Å². The number of aromatic nitrogens is 1. The lowest BCUT2D eigenvalue weighted by atomic mass is 10.2. The molecule has 0 spiro atoms. The third kappa shape index (κ3) is 5.25. The molecule has 2 aliphatic rings. The lowest BCUT2D eigenvalue weighted by Gasteiger charge is -2.31. The Labute approximate surface area is 172 Å². The first-order chi connectivity index (χ1) is 13.4. The van der Waals surface area contributed by atoms with Crippen LogP contribution in [0.2, 0.25) is 0 Å². The van der Waals surface area contributed by atoms with Gasteiger partial charge in [-0.25, -0.2) is 13.4 Å². The van der Waals surface area contributed by atoms with Crippen LogP contribution in [-0.2, 0) is 14.8 Å². The minimum absolute atomic E-state index is 0.142. The number of likely N-dealkylation sites (N-methyl/N-ethyl adjacent to an activating group) is 1. The lowest BCUT2D eigenvalue weighted by molar-refractivity contribution is -0.130. The molecule has 2 saturated heterocycles. The van der Waals surface area contributed by atoms with Crippen LogP contribution in [0, 0.1) is 0 Å². The maximum absolute atomic E-state index is 12.8. The molecule has 7 nitrogen and oxygen atoms in total. The van der Waals surface area contributed by atoms with Gasteiger partial charge in [0.25, 0.3) is 0 Å². The van der Waals surface area contributed by atoms with Crippen LogP contribution in [0.3, 0.4) is 0 Å². The zero-order chi connectivity index (χ0) is 20.1. The molecule has 3 heterocycles. The molecule has 0 aromatic carbocycles. The summed E-state index contributed by atoms with van der Waals surface area (Å²) in [5.41, 5.74) is 0. The standard InChI is InChI=1S/C19H30N4O3S2/c1-16(19(24)22-9-5-3-4-6-10-22)27-18-8-7-17(15-20-18)28(25,26)23-13-11-21(2)12-14-23/h7-8,15-16H,3-6,9-14H2,1-2H3/t16-/m0/s1. The topological polar surface area (TPSA) is 73.8 Å². The third-order valence-electron chi connectivity index (χ3n) is 5.37. The van der Waals surface area contributed by atoms with E-state index in [4.69, 9.17) is 0 Å². The van der Waals surface area contributed by atoms with E-state index in [-0.39, 0.29) is 16.1 Å². The lowest BCUT2D eigenvalue weighted by Crippen LogP contribution is -2.47. The van der Waals surface area contributed by atoms with E-state index in [1.165, 1.54) is 35.1 Å². The highest BCUT2D eigenvalue weighted by Gasteiger charge is 2.28. The van der Waals surface area contributed by atoms with E-state index in [9.17, 15) is 13.2 Å². The fourth-order valence-corrected chi connectivity index (χ4v) is 5.79. The smallest absolute Gasteiger partial charge is 0.244 e. The molecule has 2 fully saturated rings. The molecule has 0 bridgehead atoms. The number of thioether (sulfide) groups is 1. The molecule has 2 aliphatic heterocycles. The number of likely N-dealkylation sites (tertiary alicyclic amines) is 1. The number of piperazine rings is 1. The Morgan fingerprint density at radius 2 is 1.68 bits per heavy atom. The molecule has 9 heteroatoms. The third-order valence-corrected chi connectivity index (χ3v) is 8.29. The van der Waals surface area contributed by atoms with Gasteiger partial charge in [-0.3, -0.25) is 4.79 Å². The van der Waals surface area contributed by atoms with Gasteiger partial charge in [-0.2, -0.15) is 4.31 Å². The zero-order valence-electron chi connectivity index (χ0n) is 16.7. The van der Waals surface area contributed by atoms with Crippen LogP contribution in [0.1, 0.15) is 32.6 Å². The van der Waals surface area contributed by atoms with Crippen LogP contribution >= 0.6 is 11.8 Å². The summed E-state index contributed by atoms with van der Waals surface area (Å²) < 4.78 is 27.1. The van der Waals surface area contributed by atoms with Crippen molar-refractivity contribution in [2.24, 2.45) is 0 Å². The maximum Gasteiger partial charge on any atom is 0.244 e. The number of carbonyl (C=O) groups excluding carboxylic acids is 1. The highest BCUT2D eigenvalue weighted by molar-refractivity contribution is 8.00. The number of hydrogen-bond donors (Lipinski definition) is 0. The second-order valence-corrected chi connectivity index (χ2v) is 10.8. The van der Waals surface area contributed by atoms with Crippen molar-refractivity contribution in [3.05, 3.63) is 18.3 Å². The number of hydrogen-bond acceptors (Lipinski definition) is 6. The Morgan fingerprint density at radius 3 is 2.25 bits per heavy atom. The predicted molar refractivity (Wildman–Crippen MR) is 111 cm³/mol. The Morgan fingerprint density at radius 1 is 1.04 bits per heavy atom. The van der Waals surface area contributed by atoms with Crippen LogP contribution in [0.25, 0.3) is 0 Å². The van der Waals surface area contributed by atoms with Crippen LogP contribution in [0.15, 0.2) is 28.3 Å². The molecule has 0 unspecified atom stereocenters. The quantitative estimate of drug-likeness (QED) is 0.670. The largest absolute Gasteiger partial charge is 0.342 e. The minimum atomic E-state index is -3.51. The summed E-state index contributed by atoms with van der Waals surface area (Å²) in [6.07, 6.45) is 5.94. The summed E-state index contributed by atoms with van der Waals surface area (Å²) in [7, 11) is -1.52. The Balaban J connectivity index is 1.61. The molecular weight excluding hydrogens is 396 g/mol. The molecule has 156 valence electrons. The summed E-state index contributed by atoms with van der Waals surface area (Å²) in [6.45, 7) is 6.02. The SMILES string of the molecule is C[C@H](Sc1ccc(S(=O)(=O)N2CCN(C)CC2)cn1)C(=O)N1CCCCCC1. The van der Waals surface area contributed by atoms with Gasteiger partial charge in [0.2, 0.25) is 15.9 Å². The van der Waals surface area contributed by atoms with Crippen LogP contribution in [0.5, 0.6) is 0 Å². The average molecular weight is 427 g/mol. The molecule has 1 atom stereocenters. The van der Waals surface area contributed by atoms with Crippen molar-refractivity contribution in [3.63, 3.8) is 0 Å². The summed E-state index contributed by atoms with van der Waals surface area (Å²) in [5.74, 6) is 0.142. The zero-order valence-corrected chi connectivity index (χ0v) is 18.3. The molecule has 0 radical (unpaired) electrons. The number of rotatable bonds is 5. The second-order valence-electron chi connectivity index (χ2n) is 7.54. The van der Waals surface area contributed by atoms with Gasteiger partial charge in [-0.15, -0.1) is 0 Å². The van der Waals surface area contributed by atoms with Gasteiger partial charge in [-0.1, -0.05) is 24.6 Å². The molecule has 0 saturated carbocycles. The van der Waals surface area contributed by atoms with E-state index in [1.54, 1.807) is 12.1 Å². The van der Waals surface area contributed by atoms with Crippen molar-refractivity contribution >= 4 is 27.7 Å². The molecule has 28 heavy (non-hydrogen) atoms. The van der Waals surface area contributed by atoms with E-state index in [2.05, 4.69) is 9.88 Å². The van der Waals surface area contributed by atoms with E-state index in [1.807, 2.05) is 18.9 Å². The normalized spacial score (nSPS) is 21.3. The van der Waals surface area contributed by atoms with Crippen molar-refractivity contribution in [2.75, 3.05) is 46.3 Å². The summed E-state index contributed by atoms with van der Waals surface area (Å²) in [6, 6.07) is 3.31. The van der Waals surface area contributed by atoms with Crippen molar-refractivity contribution in [1.82, 2.24) is 19.1 Å².